The van der Waals surface area contributed by atoms with Crippen molar-refractivity contribution in [3.63, 3.8) is 0 Å². The maximum absolute atomic E-state index is 9.15. The summed E-state index contributed by atoms with van der Waals surface area (Å²) in [6.07, 6.45) is 3.99. The number of nitrogens with one attached hydrogen (secondary N) is 1. The van der Waals surface area contributed by atoms with Crippen molar-refractivity contribution in [2.45, 2.75) is 32.4 Å². The van der Waals surface area contributed by atoms with Crippen molar-refractivity contribution in [2.75, 3.05) is 5.32 Å². The molecule has 3 heteroatoms. The zero-order chi connectivity index (χ0) is 9.68. The van der Waals surface area contributed by atoms with E-state index < -0.39 is 0 Å². The van der Waals surface area contributed by atoms with Gasteiger partial charge in [-0.1, -0.05) is 0 Å². The lowest BCUT2D eigenvalue weighted by atomic mass is 10.1. The zero-order valence-corrected chi connectivity index (χ0v) is 8.07. The van der Waals surface area contributed by atoms with Crippen molar-refractivity contribution >= 4 is 5.69 Å². The van der Waals surface area contributed by atoms with Crippen LogP contribution in [0.25, 0.3) is 0 Å². The van der Waals surface area contributed by atoms with Gasteiger partial charge >= 0.3 is 0 Å². The molecule has 0 saturated heterocycles. The monoisotopic (exact) mass is 180 g/mol. The van der Waals surface area contributed by atoms with Crippen LogP contribution >= 0.6 is 0 Å². The molecule has 3 nitrogen and oxygen atoms in total. The maximum atomic E-state index is 9.15. The van der Waals surface area contributed by atoms with Crippen LogP contribution in [-0.4, -0.2) is 22.2 Å². The first-order valence-electron chi connectivity index (χ1n) is 4.53. The fourth-order valence-corrected chi connectivity index (χ4v) is 1.30. The van der Waals surface area contributed by atoms with Gasteiger partial charge in [0.05, 0.1) is 6.10 Å². The minimum Gasteiger partial charge on any atom is -0.393 e. The average Bonchev–Trinajstić information content (AvgIpc) is 2.04. The number of anilines is 1. The van der Waals surface area contributed by atoms with Crippen molar-refractivity contribution in [1.82, 2.24) is 4.98 Å². The van der Waals surface area contributed by atoms with Crippen molar-refractivity contribution in [3.05, 3.63) is 24.5 Å². The second kappa shape index (κ2) is 4.82. The SMILES string of the molecule is CC(O)CC(C)Nc1ccncc1. The lowest BCUT2D eigenvalue weighted by Crippen LogP contribution is -2.20. The summed E-state index contributed by atoms with van der Waals surface area (Å²) in [5.74, 6) is 0. The quantitative estimate of drug-likeness (QED) is 0.740. The third kappa shape index (κ3) is 3.90. The second-order valence-corrected chi connectivity index (χ2v) is 3.37. The molecular formula is C10H16N2O. The molecular weight excluding hydrogens is 164 g/mol. The van der Waals surface area contributed by atoms with Gasteiger partial charge < -0.3 is 10.4 Å². The van der Waals surface area contributed by atoms with Crippen LogP contribution in [0.5, 0.6) is 0 Å². The molecule has 0 aliphatic heterocycles. The van der Waals surface area contributed by atoms with Gasteiger partial charge in [0.1, 0.15) is 0 Å². The molecule has 1 heterocycles. The van der Waals surface area contributed by atoms with Gasteiger partial charge in [0.15, 0.2) is 0 Å². The molecule has 1 aromatic rings. The first-order chi connectivity index (χ1) is 6.18. The highest BCUT2D eigenvalue weighted by atomic mass is 16.3. The third-order valence-corrected chi connectivity index (χ3v) is 1.79. The molecule has 1 rings (SSSR count). The van der Waals surface area contributed by atoms with E-state index in [0.717, 1.165) is 12.1 Å². The first-order valence-corrected chi connectivity index (χ1v) is 4.53. The molecule has 0 bridgehead atoms. The smallest absolute Gasteiger partial charge is 0.0531 e. The minimum atomic E-state index is -0.260. The summed E-state index contributed by atoms with van der Waals surface area (Å²) in [4.78, 5) is 3.92. The molecule has 2 atom stereocenters. The molecule has 0 spiro atoms. The molecule has 0 amide bonds. The molecule has 0 aliphatic rings. The van der Waals surface area contributed by atoms with E-state index in [-0.39, 0.29) is 12.1 Å². The summed E-state index contributed by atoms with van der Waals surface area (Å²) >= 11 is 0. The average molecular weight is 180 g/mol. The summed E-state index contributed by atoms with van der Waals surface area (Å²) in [6, 6.07) is 4.11. The molecule has 0 saturated carbocycles. The fourth-order valence-electron chi connectivity index (χ4n) is 1.30. The van der Waals surface area contributed by atoms with E-state index in [1.807, 2.05) is 19.1 Å². The van der Waals surface area contributed by atoms with Gasteiger partial charge in [-0.15, -0.1) is 0 Å². The van der Waals surface area contributed by atoms with Crippen LogP contribution in [0.15, 0.2) is 24.5 Å². The van der Waals surface area contributed by atoms with Crippen LogP contribution in [0, 0.1) is 0 Å². The molecule has 0 aliphatic carbocycles. The second-order valence-electron chi connectivity index (χ2n) is 3.37. The van der Waals surface area contributed by atoms with Crippen LogP contribution in [0.2, 0.25) is 0 Å². The van der Waals surface area contributed by atoms with Crippen LogP contribution in [0.4, 0.5) is 5.69 Å². The molecule has 1 aromatic heterocycles. The van der Waals surface area contributed by atoms with E-state index in [9.17, 15) is 0 Å². The van der Waals surface area contributed by atoms with Gasteiger partial charge in [0, 0.05) is 24.1 Å². The van der Waals surface area contributed by atoms with E-state index >= 15 is 0 Å². The van der Waals surface area contributed by atoms with Crippen molar-refractivity contribution in [2.24, 2.45) is 0 Å². The first kappa shape index (κ1) is 9.99. The van der Waals surface area contributed by atoms with Gasteiger partial charge in [-0.05, 0) is 32.4 Å². The van der Waals surface area contributed by atoms with E-state index in [1.165, 1.54) is 0 Å². The Morgan fingerprint density at radius 2 is 2.00 bits per heavy atom. The molecule has 13 heavy (non-hydrogen) atoms. The third-order valence-electron chi connectivity index (χ3n) is 1.79. The number of pyridine rings is 1. The van der Waals surface area contributed by atoms with Gasteiger partial charge in [0.25, 0.3) is 0 Å². The predicted molar refractivity (Wildman–Crippen MR) is 53.6 cm³/mol. The number of nitrogens with zero attached hydrogens (tertiary/aromatic N) is 1. The summed E-state index contributed by atoms with van der Waals surface area (Å²) < 4.78 is 0. The topological polar surface area (TPSA) is 45.1 Å². The highest BCUT2D eigenvalue weighted by Crippen LogP contribution is 2.08. The molecule has 2 unspecified atom stereocenters. The van der Waals surface area contributed by atoms with E-state index in [0.29, 0.717) is 0 Å². The largest absolute Gasteiger partial charge is 0.393 e. The van der Waals surface area contributed by atoms with Gasteiger partial charge in [-0.25, -0.2) is 0 Å². The molecule has 0 fully saturated rings. The van der Waals surface area contributed by atoms with Crippen LogP contribution in [0.1, 0.15) is 20.3 Å². The Balaban J connectivity index is 2.41. The maximum Gasteiger partial charge on any atom is 0.0531 e. The highest BCUT2D eigenvalue weighted by molar-refractivity contribution is 5.41. The number of hydrogen-bond acceptors (Lipinski definition) is 3. The lowest BCUT2D eigenvalue weighted by molar-refractivity contribution is 0.179. The van der Waals surface area contributed by atoms with Gasteiger partial charge in [0.2, 0.25) is 0 Å². The predicted octanol–water partition coefficient (Wildman–Crippen LogP) is 1.65. The van der Waals surface area contributed by atoms with E-state index in [1.54, 1.807) is 19.3 Å². The van der Waals surface area contributed by atoms with Crippen molar-refractivity contribution < 1.29 is 5.11 Å². The highest BCUT2D eigenvalue weighted by Gasteiger charge is 2.04. The number of hydrogen-bond donors (Lipinski definition) is 2. The van der Waals surface area contributed by atoms with E-state index in [2.05, 4.69) is 10.3 Å². The Kier molecular flexibility index (Phi) is 3.71. The number of rotatable bonds is 4. The Hall–Kier alpha value is -1.09. The molecule has 0 radical (unpaired) electrons. The number of aromatic nitrogens is 1. The summed E-state index contributed by atoms with van der Waals surface area (Å²) in [6.45, 7) is 3.85. The van der Waals surface area contributed by atoms with Gasteiger partial charge in [-0.2, -0.15) is 0 Å². The molecule has 0 aromatic carbocycles. The Morgan fingerprint density at radius 1 is 1.38 bits per heavy atom. The Bertz CT molecular complexity index is 236. The van der Waals surface area contributed by atoms with Crippen molar-refractivity contribution in [3.8, 4) is 0 Å². The Morgan fingerprint density at radius 3 is 2.54 bits per heavy atom. The standard InChI is InChI=1S/C10H16N2O/c1-8(7-9(2)13)12-10-3-5-11-6-4-10/h3-6,8-9,13H,7H2,1-2H3,(H,11,12). The van der Waals surface area contributed by atoms with Crippen molar-refractivity contribution in [1.29, 1.82) is 0 Å². The minimum absolute atomic E-state index is 0.260. The number of aliphatic hydroxyl groups excluding tert-OH is 1. The van der Waals surface area contributed by atoms with Gasteiger partial charge in [-0.3, -0.25) is 4.98 Å². The fraction of sp³-hybridized carbons (Fsp3) is 0.500. The molecule has 2 N–H and O–H groups in total. The number of aliphatic hydroxyl groups is 1. The normalized spacial score (nSPS) is 15.0. The molecule has 72 valence electrons. The summed E-state index contributed by atoms with van der Waals surface area (Å²) in [5.41, 5.74) is 1.04. The van der Waals surface area contributed by atoms with Crippen LogP contribution < -0.4 is 5.32 Å². The zero-order valence-electron chi connectivity index (χ0n) is 8.07. The Labute approximate surface area is 78.8 Å². The van der Waals surface area contributed by atoms with E-state index in [4.69, 9.17) is 5.11 Å². The van der Waals surface area contributed by atoms with Crippen LogP contribution in [-0.2, 0) is 0 Å². The summed E-state index contributed by atoms with van der Waals surface area (Å²) in [7, 11) is 0. The summed E-state index contributed by atoms with van der Waals surface area (Å²) in [5, 5.41) is 12.4. The van der Waals surface area contributed by atoms with Crippen LogP contribution in [0.3, 0.4) is 0 Å². The lowest BCUT2D eigenvalue weighted by Gasteiger charge is -2.16.